The number of benzene rings is 2. The van der Waals surface area contributed by atoms with Gasteiger partial charge < -0.3 is 0 Å². The number of hydrogen-bond acceptors (Lipinski definition) is 2. The minimum Gasteiger partial charge on any atom is -0.271 e. The molecule has 0 aliphatic heterocycles. The summed E-state index contributed by atoms with van der Waals surface area (Å²) >= 11 is 6.45. The lowest BCUT2D eigenvalue weighted by atomic mass is 9.99. The fourth-order valence-corrected chi connectivity index (χ4v) is 2.85. The SMILES string of the molecule is NNC(Cc1ccc(F)cc1Br)c1cccc(Br)c1F. The number of hydrogen-bond donors (Lipinski definition) is 2. The average Bonchev–Trinajstić information content (AvgIpc) is 2.42. The van der Waals surface area contributed by atoms with Gasteiger partial charge in [0.25, 0.3) is 0 Å². The van der Waals surface area contributed by atoms with Gasteiger partial charge in [-0.15, -0.1) is 0 Å². The number of nitrogens with two attached hydrogens (primary N) is 1. The van der Waals surface area contributed by atoms with Crippen molar-refractivity contribution in [2.45, 2.75) is 12.5 Å². The van der Waals surface area contributed by atoms with E-state index in [0.29, 0.717) is 20.9 Å². The van der Waals surface area contributed by atoms with E-state index in [1.54, 1.807) is 24.3 Å². The topological polar surface area (TPSA) is 38.0 Å². The Balaban J connectivity index is 2.31. The second kappa shape index (κ2) is 6.76. The summed E-state index contributed by atoms with van der Waals surface area (Å²) in [5.41, 5.74) is 3.90. The van der Waals surface area contributed by atoms with Gasteiger partial charge in [-0.25, -0.2) is 8.78 Å². The molecule has 20 heavy (non-hydrogen) atoms. The fraction of sp³-hybridized carbons (Fsp3) is 0.143. The molecular formula is C14H12Br2F2N2. The van der Waals surface area contributed by atoms with E-state index in [4.69, 9.17) is 5.84 Å². The van der Waals surface area contributed by atoms with E-state index in [1.807, 2.05) is 0 Å². The van der Waals surface area contributed by atoms with Crippen LogP contribution in [0.15, 0.2) is 45.3 Å². The lowest BCUT2D eigenvalue weighted by Gasteiger charge is -2.18. The Morgan fingerprint density at radius 1 is 1.10 bits per heavy atom. The van der Waals surface area contributed by atoms with Crippen LogP contribution >= 0.6 is 31.9 Å². The van der Waals surface area contributed by atoms with Crippen molar-refractivity contribution in [2.75, 3.05) is 0 Å². The van der Waals surface area contributed by atoms with Gasteiger partial charge in [0.15, 0.2) is 0 Å². The molecule has 0 saturated heterocycles. The molecule has 0 spiro atoms. The Hall–Kier alpha value is -0.820. The Labute approximate surface area is 132 Å². The summed E-state index contributed by atoms with van der Waals surface area (Å²) in [6.07, 6.45) is 0.435. The van der Waals surface area contributed by atoms with E-state index in [-0.39, 0.29) is 11.6 Å². The van der Waals surface area contributed by atoms with Gasteiger partial charge >= 0.3 is 0 Å². The van der Waals surface area contributed by atoms with Gasteiger partial charge in [0.2, 0.25) is 0 Å². The first-order chi connectivity index (χ1) is 9.52. The number of halogens is 4. The maximum Gasteiger partial charge on any atom is 0.142 e. The minimum atomic E-state index is -0.408. The summed E-state index contributed by atoms with van der Waals surface area (Å²) in [6.45, 7) is 0. The zero-order valence-corrected chi connectivity index (χ0v) is 13.5. The summed E-state index contributed by atoms with van der Waals surface area (Å²) in [6, 6.07) is 9.02. The normalized spacial score (nSPS) is 12.4. The number of nitrogens with one attached hydrogen (secondary N) is 1. The lowest BCUT2D eigenvalue weighted by Crippen LogP contribution is -2.30. The predicted molar refractivity (Wildman–Crippen MR) is 82.0 cm³/mol. The van der Waals surface area contributed by atoms with Crippen LogP contribution in [0.5, 0.6) is 0 Å². The largest absolute Gasteiger partial charge is 0.271 e. The Bertz CT molecular complexity index is 620. The first-order valence-electron chi connectivity index (χ1n) is 5.87. The molecule has 0 fully saturated rings. The molecule has 0 radical (unpaired) electrons. The molecule has 0 heterocycles. The van der Waals surface area contributed by atoms with Crippen molar-refractivity contribution in [1.82, 2.24) is 5.43 Å². The van der Waals surface area contributed by atoms with Crippen molar-refractivity contribution in [3.8, 4) is 0 Å². The molecule has 2 aromatic carbocycles. The molecule has 106 valence electrons. The molecule has 1 unspecified atom stereocenters. The Kier molecular flexibility index (Phi) is 5.26. The second-order valence-electron chi connectivity index (χ2n) is 4.30. The molecule has 0 aromatic heterocycles. The van der Waals surface area contributed by atoms with Crippen LogP contribution in [0.1, 0.15) is 17.2 Å². The van der Waals surface area contributed by atoms with Crippen molar-refractivity contribution >= 4 is 31.9 Å². The summed E-state index contributed by atoms with van der Waals surface area (Å²) in [4.78, 5) is 0. The smallest absolute Gasteiger partial charge is 0.142 e. The Morgan fingerprint density at radius 3 is 2.50 bits per heavy atom. The molecule has 2 nitrogen and oxygen atoms in total. The molecule has 1 atom stereocenters. The van der Waals surface area contributed by atoms with Crippen LogP contribution in [-0.2, 0) is 6.42 Å². The first kappa shape index (κ1) is 15.6. The molecule has 0 bridgehead atoms. The third-order valence-corrected chi connectivity index (χ3v) is 4.35. The third kappa shape index (κ3) is 3.44. The van der Waals surface area contributed by atoms with Gasteiger partial charge in [0, 0.05) is 10.0 Å². The van der Waals surface area contributed by atoms with E-state index in [2.05, 4.69) is 37.3 Å². The second-order valence-corrected chi connectivity index (χ2v) is 6.01. The fourth-order valence-electron chi connectivity index (χ4n) is 1.96. The van der Waals surface area contributed by atoms with Crippen molar-refractivity contribution in [1.29, 1.82) is 0 Å². The Morgan fingerprint density at radius 2 is 1.85 bits per heavy atom. The molecular weight excluding hydrogens is 394 g/mol. The van der Waals surface area contributed by atoms with Crippen LogP contribution in [0.4, 0.5) is 8.78 Å². The van der Waals surface area contributed by atoms with Gasteiger partial charge in [-0.3, -0.25) is 11.3 Å². The zero-order valence-electron chi connectivity index (χ0n) is 10.3. The summed E-state index contributed by atoms with van der Waals surface area (Å²) in [7, 11) is 0. The standard InChI is InChI=1S/C14H12Br2F2N2/c15-11-3-1-2-10(14(11)18)13(20-19)6-8-4-5-9(17)7-12(8)16/h1-5,7,13,20H,6,19H2. The van der Waals surface area contributed by atoms with Crippen molar-refractivity contribution in [2.24, 2.45) is 5.84 Å². The zero-order chi connectivity index (χ0) is 14.7. The molecule has 0 aliphatic rings. The minimum absolute atomic E-state index is 0.327. The van der Waals surface area contributed by atoms with E-state index in [0.717, 1.165) is 5.56 Å². The molecule has 0 amide bonds. The summed E-state index contributed by atoms with van der Waals surface area (Å²) < 4.78 is 28.2. The van der Waals surface area contributed by atoms with Gasteiger partial charge in [-0.05, 0) is 46.1 Å². The summed E-state index contributed by atoms with van der Waals surface area (Å²) in [5, 5.41) is 0. The highest BCUT2D eigenvalue weighted by molar-refractivity contribution is 9.10. The predicted octanol–water partition coefficient (Wildman–Crippen LogP) is 4.24. The maximum absolute atomic E-state index is 14.1. The van der Waals surface area contributed by atoms with Crippen molar-refractivity contribution in [3.63, 3.8) is 0 Å². The van der Waals surface area contributed by atoms with E-state index in [1.165, 1.54) is 12.1 Å². The highest BCUT2D eigenvalue weighted by atomic mass is 79.9. The third-order valence-electron chi connectivity index (χ3n) is 3.00. The molecule has 0 aliphatic carbocycles. The lowest BCUT2D eigenvalue weighted by molar-refractivity contribution is 0.507. The molecule has 2 rings (SSSR count). The monoisotopic (exact) mass is 404 g/mol. The average molecular weight is 406 g/mol. The van der Waals surface area contributed by atoms with Crippen LogP contribution in [0, 0.1) is 11.6 Å². The van der Waals surface area contributed by atoms with E-state index < -0.39 is 6.04 Å². The quantitative estimate of drug-likeness (QED) is 0.589. The summed E-state index contributed by atoms with van der Waals surface area (Å²) in [5.74, 6) is 4.85. The number of hydrazine groups is 1. The van der Waals surface area contributed by atoms with Crippen LogP contribution in [0.3, 0.4) is 0 Å². The van der Waals surface area contributed by atoms with Crippen LogP contribution in [0.25, 0.3) is 0 Å². The first-order valence-corrected chi connectivity index (χ1v) is 7.45. The molecule has 0 saturated carbocycles. The molecule has 2 aromatic rings. The van der Waals surface area contributed by atoms with Gasteiger partial charge in [-0.2, -0.15) is 0 Å². The number of rotatable bonds is 4. The van der Waals surface area contributed by atoms with Gasteiger partial charge in [0.05, 0.1) is 10.5 Å². The highest BCUT2D eigenvalue weighted by Gasteiger charge is 2.18. The van der Waals surface area contributed by atoms with Crippen molar-refractivity contribution < 1.29 is 8.78 Å². The van der Waals surface area contributed by atoms with E-state index in [9.17, 15) is 8.78 Å². The maximum atomic E-state index is 14.1. The molecule has 3 N–H and O–H groups in total. The van der Waals surface area contributed by atoms with Gasteiger partial charge in [0.1, 0.15) is 11.6 Å². The molecule has 6 heteroatoms. The highest BCUT2D eigenvalue weighted by Crippen LogP contribution is 2.28. The van der Waals surface area contributed by atoms with Gasteiger partial charge in [-0.1, -0.05) is 34.1 Å². The van der Waals surface area contributed by atoms with E-state index >= 15 is 0 Å². The van der Waals surface area contributed by atoms with Crippen LogP contribution in [0.2, 0.25) is 0 Å². The van der Waals surface area contributed by atoms with Crippen LogP contribution in [-0.4, -0.2) is 0 Å². The van der Waals surface area contributed by atoms with Crippen molar-refractivity contribution in [3.05, 3.63) is 68.1 Å². The van der Waals surface area contributed by atoms with Crippen LogP contribution < -0.4 is 11.3 Å².